The molecule has 0 aromatic rings. The number of rotatable bonds is 2. The van der Waals surface area contributed by atoms with Crippen molar-refractivity contribution in [3.05, 3.63) is 0 Å². The van der Waals surface area contributed by atoms with Crippen LogP contribution < -0.4 is 5.32 Å². The molecule has 2 heterocycles. The number of carbonyl (C=O) groups excluding carboxylic acids is 1. The highest BCUT2D eigenvalue weighted by atomic mass is 16.2. The van der Waals surface area contributed by atoms with Gasteiger partial charge >= 0.3 is 0 Å². The van der Waals surface area contributed by atoms with Gasteiger partial charge in [-0.25, -0.2) is 0 Å². The Morgan fingerprint density at radius 2 is 2.07 bits per heavy atom. The van der Waals surface area contributed by atoms with Crippen LogP contribution >= 0.6 is 0 Å². The van der Waals surface area contributed by atoms with E-state index in [1.165, 1.54) is 6.42 Å². The van der Waals surface area contributed by atoms with Gasteiger partial charge in [0.15, 0.2) is 0 Å². The van der Waals surface area contributed by atoms with E-state index in [9.17, 15) is 4.79 Å². The monoisotopic (exact) mass is 211 g/mol. The molecule has 1 unspecified atom stereocenters. The van der Waals surface area contributed by atoms with Crippen LogP contribution in [0.25, 0.3) is 0 Å². The third-order valence-corrected chi connectivity index (χ3v) is 3.34. The Kier molecular flexibility index (Phi) is 3.59. The Balaban J connectivity index is 1.76. The topological polar surface area (TPSA) is 35.6 Å². The summed E-state index contributed by atoms with van der Waals surface area (Å²) < 4.78 is 0. The van der Waals surface area contributed by atoms with E-state index >= 15 is 0 Å². The molecule has 0 aliphatic carbocycles. The maximum atomic E-state index is 11.9. The van der Waals surface area contributed by atoms with Gasteiger partial charge in [-0.15, -0.1) is 0 Å². The Hall–Kier alpha value is -0.610. The zero-order valence-electron chi connectivity index (χ0n) is 9.54. The molecule has 2 aliphatic rings. The van der Waals surface area contributed by atoms with Crippen molar-refractivity contribution >= 4 is 5.91 Å². The molecular formula is C11H21N3O. The fourth-order valence-corrected chi connectivity index (χ4v) is 2.38. The number of hydrogen-bond donors (Lipinski definition) is 1. The van der Waals surface area contributed by atoms with Crippen LogP contribution in [0.15, 0.2) is 0 Å². The van der Waals surface area contributed by atoms with E-state index in [1.54, 1.807) is 0 Å². The van der Waals surface area contributed by atoms with Gasteiger partial charge in [-0.3, -0.25) is 9.69 Å². The molecule has 0 radical (unpaired) electrons. The average Bonchev–Trinajstić information content (AvgIpc) is 2.65. The van der Waals surface area contributed by atoms with Gasteiger partial charge in [0.2, 0.25) is 5.91 Å². The lowest BCUT2D eigenvalue weighted by Crippen LogP contribution is -2.49. The maximum Gasteiger partial charge on any atom is 0.236 e. The second kappa shape index (κ2) is 4.94. The average molecular weight is 211 g/mol. The highest BCUT2D eigenvalue weighted by Gasteiger charge is 2.23. The first kappa shape index (κ1) is 10.9. The van der Waals surface area contributed by atoms with Crippen LogP contribution in [0.4, 0.5) is 0 Å². The molecule has 15 heavy (non-hydrogen) atoms. The summed E-state index contributed by atoms with van der Waals surface area (Å²) in [6.45, 7) is 8.73. The van der Waals surface area contributed by atoms with E-state index < -0.39 is 0 Å². The fourth-order valence-electron chi connectivity index (χ4n) is 2.38. The van der Waals surface area contributed by atoms with E-state index in [1.807, 2.05) is 4.90 Å². The van der Waals surface area contributed by atoms with E-state index in [0.29, 0.717) is 12.5 Å². The zero-order valence-corrected chi connectivity index (χ0v) is 9.54. The molecule has 0 saturated carbocycles. The number of nitrogens with one attached hydrogen (secondary N) is 1. The minimum Gasteiger partial charge on any atom is -0.339 e. The van der Waals surface area contributed by atoms with Crippen LogP contribution in [0.2, 0.25) is 0 Å². The molecule has 0 aromatic heterocycles. The third-order valence-electron chi connectivity index (χ3n) is 3.34. The number of hydrogen-bond acceptors (Lipinski definition) is 3. The largest absolute Gasteiger partial charge is 0.339 e. The number of carbonyl (C=O) groups is 1. The Bertz CT molecular complexity index is 226. The minimum absolute atomic E-state index is 0.311. The van der Waals surface area contributed by atoms with Gasteiger partial charge in [0, 0.05) is 32.7 Å². The van der Waals surface area contributed by atoms with Gasteiger partial charge in [0.05, 0.1) is 6.54 Å². The smallest absolute Gasteiger partial charge is 0.236 e. The van der Waals surface area contributed by atoms with Gasteiger partial charge in [0.1, 0.15) is 0 Å². The molecule has 4 heteroatoms. The van der Waals surface area contributed by atoms with Crippen molar-refractivity contribution in [3.63, 3.8) is 0 Å². The van der Waals surface area contributed by atoms with Crippen molar-refractivity contribution in [1.82, 2.24) is 15.1 Å². The first-order valence-corrected chi connectivity index (χ1v) is 5.96. The molecule has 2 aliphatic heterocycles. The maximum absolute atomic E-state index is 11.9. The van der Waals surface area contributed by atoms with Gasteiger partial charge in [-0.05, 0) is 18.9 Å². The van der Waals surface area contributed by atoms with Crippen molar-refractivity contribution in [2.75, 3.05) is 45.8 Å². The van der Waals surface area contributed by atoms with Crippen molar-refractivity contribution in [2.45, 2.75) is 13.3 Å². The van der Waals surface area contributed by atoms with Crippen molar-refractivity contribution in [2.24, 2.45) is 5.92 Å². The molecule has 4 nitrogen and oxygen atoms in total. The van der Waals surface area contributed by atoms with Crippen molar-refractivity contribution in [3.8, 4) is 0 Å². The summed E-state index contributed by atoms with van der Waals surface area (Å²) in [5, 5.41) is 3.26. The summed E-state index contributed by atoms with van der Waals surface area (Å²) in [7, 11) is 0. The summed E-state index contributed by atoms with van der Waals surface area (Å²) in [5.41, 5.74) is 0. The molecular weight excluding hydrogens is 190 g/mol. The Morgan fingerprint density at radius 1 is 1.33 bits per heavy atom. The van der Waals surface area contributed by atoms with Gasteiger partial charge in [-0.2, -0.15) is 0 Å². The summed E-state index contributed by atoms with van der Waals surface area (Å²) >= 11 is 0. The quantitative estimate of drug-likeness (QED) is 0.685. The second-order valence-electron chi connectivity index (χ2n) is 4.76. The number of piperazine rings is 1. The molecule has 0 aromatic carbocycles. The molecule has 1 N–H and O–H groups in total. The van der Waals surface area contributed by atoms with Gasteiger partial charge < -0.3 is 10.2 Å². The van der Waals surface area contributed by atoms with Crippen LogP contribution in [0.5, 0.6) is 0 Å². The number of amides is 1. The molecule has 1 atom stereocenters. The molecule has 0 spiro atoms. The predicted molar refractivity (Wildman–Crippen MR) is 59.7 cm³/mol. The van der Waals surface area contributed by atoms with E-state index in [0.717, 1.165) is 45.2 Å². The molecule has 1 amide bonds. The third kappa shape index (κ3) is 2.92. The molecule has 0 bridgehead atoms. The minimum atomic E-state index is 0.311. The summed E-state index contributed by atoms with van der Waals surface area (Å²) in [6.07, 6.45) is 1.24. The van der Waals surface area contributed by atoms with Crippen LogP contribution in [-0.2, 0) is 4.79 Å². The molecule has 86 valence electrons. The normalized spacial score (nSPS) is 28.3. The fraction of sp³-hybridized carbons (Fsp3) is 0.909. The first-order valence-electron chi connectivity index (χ1n) is 5.96. The van der Waals surface area contributed by atoms with Gasteiger partial charge in [0.25, 0.3) is 0 Å². The Morgan fingerprint density at radius 3 is 2.67 bits per heavy atom. The summed E-state index contributed by atoms with van der Waals surface area (Å²) in [5.74, 6) is 1.08. The van der Waals surface area contributed by atoms with Crippen LogP contribution in [0.3, 0.4) is 0 Å². The number of likely N-dealkylation sites (tertiary alicyclic amines) is 1. The summed E-state index contributed by atoms with van der Waals surface area (Å²) in [4.78, 5) is 16.2. The van der Waals surface area contributed by atoms with Crippen molar-refractivity contribution in [1.29, 1.82) is 0 Å². The van der Waals surface area contributed by atoms with Crippen LogP contribution in [0.1, 0.15) is 13.3 Å². The lowest BCUT2D eigenvalue weighted by Gasteiger charge is -2.29. The standard InChI is InChI=1S/C11H21N3O/c1-10-2-5-13(8-10)9-11(15)14-6-3-12-4-7-14/h10,12H,2-9H2,1H3. The van der Waals surface area contributed by atoms with E-state index in [2.05, 4.69) is 17.1 Å². The SMILES string of the molecule is CC1CCN(CC(=O)N2CCNCC2)C1. The highest BCUT2D eigenvalue weighted by molar-refractivity contribution is 5.78. The lowest BCUT2D eigenvalue weighted by molar-refractivity contribution is -0.132. The molecule has 2 fully saturated rings. The van der Waals surface area contributed by atoms with E-state index in [4.69, 9.17) is 0 Å². The first-order chi connectivity index (χ1) is 7.25. The predicted octanol–water partition coefficient (Wildman–Crippen LogP) is -0.240. The second-order valence-corrected chi connectivity index (χ2v) is 4.76. The lowest BCUT2D eigenvalue weighted by atomic mass is 10.2. The van der Waals surface area contributed by atoms with Gasteiger partial charge in [-0.1, -0.05) is 6.92 Å². The van der Waals surface area contributed by atoms with Crippen LogP contribution in [0, 0.1) is 5.92 Å². The summed E-state index contributed by atoms with van der Waals surface area (Å²) in [6, 6.07) is 0. The zero-order chi connectivity index (χ0) is 10.7. The van der Waals surface area contributed by atoms with E-state index in [-0.39, 0.29) is 0 Å². The van der Waals surface area contributed by atoms with Crippen LogP contribution in [-0.4, -0.2) is 61.5 Å². The highest BCUT2D eigenvalue weighted by Crippen LogP contribution is 2.14. The van der Waals surface area contributed by atoms with Crippen molar-refractivity contribution < 1.29 is 4.79 Å². The molecule has 2 rings (SSSR count). The number of nitrogens with zero attached hydrogens (tertiary/aromatic N) is 2. The molecule has 2 saturated heterocycles. The Labute approximate surface area is 91.6 Å².